The first kappa shape index (κ1) is 16.3. The molecule has 0 saturated heterocycles. The minimum Gasteiger partial charge on any atom is -0.376 e. The van der Waals surface area contributed by atoms with Crippen molar-refractivity contribution in [2.24, 2.45) is 5.73 Å². The maximum atomic E-state index is 11.8. The molecule has 1 fully saturated rings. The SMILES string of the molecule is NC1CCC(OCCNC(=O)Cc2cccc(Cl)c2)CC1. The molecule has 0 spiro atoms. The Morgan fingerprint density at radius 2 is 2.10 bits per heavy atom. The molecule has 1 aromatic carbocycles. The second-order valence-electron chi connectivity index (χ2n) is 5.56. The Balaban J connectivity index is 1.59. The Hall–Kier alpha value is -1.10. The van der Waals surface area contributed by atoms with Crippen LogP contribution in [0.15, 0.2) is 24.3 Å². The number of hydrogen-bond acceptors (Lipinski definition) is 3. The van der Waals surface area contributed by atoms with Gasteiger partial charge in [-0.15, -0.1) is 0 Å². The van der Waals surface area contributed by atoms with Gasteiger partial charge in [0.15, 0.2) is 0 Å². The van der Waals surface area contributed by atoms with Gasteiger partial charge in [0, 0.05) is 17.6 Å². The van der Waals surface area contributed by atoms with Crippen LogP contribution in [0, 0.1) is 0 Å². The van der Waals surface area contributed by atoms with E-state index < -0.39 is 0 Å². The molecular weight excluding hydrogens is 288 g/mol. The van der Waals surface area contributed by atoms with Crippen molar-refractivity contribution in [3.63, 3.8) is 0 Å². The molecule has 5 heteroatoms. The van der Waals surface area contributed by atoms with E-state index in [1.165, 1.54) is 0 Å². The monoisotopic (exact) mass is 310 g/mol. The summed E-state index contributed by atoms with van der Waals surface area (Å²) >= 11 is 5.89. The fraction of sp³-hybridized carbons (Fsp3) is 0.562. The van der Waals surface area contributed by atoms with E-state index in [0.29, 0.717) is 36.7 Å². The summed E-state index contributed by atoms with van der Waals surface area (Å²) in [6.45, 7) is 1.10. The number of nitrogens with one attached hydrogen (secondary N) is 1. The summed E-state index contributed by atoms with van der Waals surface area (Å²) in [7, 11) is 0. The molecule has 0 radical (unpaired) electrons. The van der Waals surface area contributed by atoms with Crippen LogP contribution in [0.2, 0.25) is 5.02 Å². The van der Waals surface area contributed by atoms with Crippen molar-refractivity contribution >= 4 is 17.5 Å². The van der Waals surface area contributed by atoms with E-state index in [9.17, 15) is 4.79 Å². The Labute approximate surface area is 131 Å². The van der Waals surface area contributed by atoms with E-state index in [1.807, 2.05) is 18.2 Å². The van der Waals surface area contributed by atoms with Crippen LogP contribution in [0.3, 0.4) is 0 Å². The summed E-state index contributed by atoms with van der Waals surface area (Å²) in [5.41, 5.74) is 6.77. The average molecular weight is 311 g/mol. The largest absolute Gasteiger partial charge is 0.376 e. The fourth-order valence-corrected chi connectivity index (χ4v) is 2.78. The maximum Gasteiger partial charge on any atom is 0.224 e. The van der Waals surface area contributed by atoms with Gasteiger partial charge in [0.25, 0.3) is 0 Å². The van der Waals surface area contributed by atoms with Crippen molar-refractivity contribution in [1.82, 2.24) is 5.32 Å². The van der Waals surface area contributed by atoms with Gasteiger partial charge in [-0.1, -0.05) is 23.7 Å². The van der Waals surface area contributed by atoms with E-state index in [-0.39, 0.29) is 5.91 Å². The number of hydrogen-bond donors (Lipinski definition) is 2. The van der Waals surface area contributed by atoms with Crippen molar-refractivity contribution in [2.45, 2.75) is 44.2 Å². The van der Waals surface area contributed by atoms with Gasteiger partial charge >= 0.3 is 0 Å². The van der Waals surface area contributed by atoms with Crippen LogP contribution >= 0.6 is 11.6 Å². The lowest BCUT2D eigenvalue weighted by atomic mass is 9.94. The smallest absolute Gasteiger partial charge is 0.224 e. The highest BCUT2D eigenvalue weighted by molar-refractivity contribution is 6.30. The van der Waals surface area contributed by atoms with Crippen molar-refractivity contribution in [3.8, 4) is 0 Å². The number of carbonyl (C=O) groups excluding carboxylic acids is 1. The lowest BCUT2D eigenvalue weighted by Crippen LogP contribution is -2.33. The minimum atomic E-state index is -0.00784. The number of rotatable bonds is 6. The molecule has 0 aromatic heterocycles. The summed E-state index contributed by atoms with van der Waals surface area (Å²) in [5, 5.41) is 3.52. The molecule has 2 rings (SSSR count). The van der Waals surface area contributed by atoms with Gasteiger partial charge in [0.1, 0.15) is 0 Å². The van der Waals surface area contributed by atoms with Crippen LogP contribution in [-0.4, -0.2) is 31.2 Å². The third-order valence-electron chi connectivity index (χ3n) is 3.75. The van der Waals surface area contributed by atoms with E-state index in [1.54, 1.807) is 6.07 Å². The van der Waals surface area contributed by atoms with E-state index in [2.05, 4.69) is 5.32 Å². The summed E-state index contributed by atoms with van der Waals surface area (Å²) < 4.78 is 5.76. The van der Waals surface area contributed by atoms with Gasteiger partial charge in [-0.05, 0) is 43.4 Å². The lowest BCUT2D eigenvalue weighted by molar-refractivity contribution is -0.120. The minimum absolute atomic E-state index is 0.00784. The molecule has 1 aliphatic rings. The molecule has 0 unspecified atom stereocenters. The Morgan fingerprint density at radius 3 is 2.81 bits per heavy atom. The van der Waals surface area contributed by atoms with Gasteiger partial charge in [-0.2, -0.15) is 0 Å². The summed E-state index contributed by atoms with van der Waals surface area (Å²) in [5.74, 6) is -0.00784. The van der Waals surface area contributed by atoms with Crippen molar-refractivity contribution in [3.05, 3.63) is 34.9 Å². The number of halogens is 1. The first-order chi connectivity index (χ1) is 10.1. The summed E-state index contributed by atoms with van der Waals surface area (Å²) in [6, 6.07) is 7.69. The fourth-order valence-electron chi connectivity index (χ4n) is 2.57. The molecule has 21 heavy (non-hydrogen) atoms. The van der Waals surface area contributed by atoms with Gasteiger partial charge in [0.05, 0.1) is 19.1 Å². The third-order valence-corrected chi connectivity index (χ3v) is 3.99. The molecular formula is C16H23ClN2O2. The summed E-state index contributed by atoms with van der Waals surface area (Å²) in [6.07, 6.45) is 4.76. The van der Waals surface area contributed by atoms with Crippen LogP contribution in [0.4, 0.5) is 0 Å². The maximum absolute atomic E-state index is 11.8. The Kier molecular flexibility index (Phi) is 6.49. The normalized spacial score (nSPS) is 22.0. The van der Waals surface area contributed by atoms with Crippen LogP contribution in [0.1, 0.15) is 31.2 Å². The quantitative estimate of drug-likeness (QED) is 0.792. The Morgan fingerprint density at radius 1 is 1.33 bits per heavy atom. The predicted molar refractivity (Wildman–Crippen MR) is 84.3 cm³/mol. The second-order valence-corrected chi connectivity index (χ2v) is 6.00. The average Bonchev–Trinajstić information content (AvgIpc) is 2.45. The number of benzene rings is 1. The van der Waals surface area contributed by atoms with Crippen molar-refractivity contribution in [1.29, 1.82) is 0 Å². The van der Waals surface area contributed by atoms with Crippen molar-refractivity contribution < 1.29 is 9.53 Å². The van der Waals surface area contributed by atoms with Gasteiger partial charge < -0.3 is 15.8 Å². The lowest BCUT2D eigenvalue weighted by Gasteiger charge is -2.26. The standard InChI is InChI=1S/C16H23ClN2O2/c17-13-3-1-2-12(10-13)11-16(20)19-8-9-21-15-6-4-14(18)5-7-15/h1-3,10,14-15H,4-9,11,18H2,(H,19,20). The molecule has 3 N–H and O–H groups in total. The molecule has 0 atom stereocenters. The zero-order chi connectivity index (χ0) is 15.1. The molecule has 1 aromatic rings. The second kappa shape index (κ2) is 8.37. The Bertz CT molecular complexity index is 459. The molecule has 0 aliphatic heterocycles. The number of carbonyl (C=O) groups is 1. The molecule has 0 heterocycles. The predicted octanol–water partition coefficient (Wildman–Crippen LogP) is 2.29. The highest BCUT2D eigenvalue weighted by Crippen LogP contribution is 2.19. The van der Waals surface area contributed by atoms with Crippen LogP contribution in [-0.2, 0) is 16.0 Å². The summed E-state index contributed by atoms with van der Waals surface area (Å²) in [4.78, 5) is 11.8. The highest BCUT2D eigenvalue weighted by atomic mass is 35.5. The van der Waals surface area contributed by atoms with Gasteiger partial charge in [0.2, 0.25) is 5.91 Å². The third kappa shape index (κ3) is 6.04. The molecule has 1 saturated carbocycles. The molecule has 4 nitrogen and oxygen atoms in total. The number of nitrogens with two attached hydrogens (primary N) is 1. The van der Waals surface area contributed by atoms with Crippen molar-refractivity contribution in [2.75, 3.05) is 13.2 Å². The van der Waals surface area contributed by atoms with Gasteiger partial charge in [-0.25, -0.2) is 0 Å². The first-order valence-corrected chi connectivity index (χ1v) is 7.89. The molecule has 0 bridgehead atoms. The van der Waals surface area contributed by atoms with Crippen LogP contribution in [0.5, 0.6) is 0 Å². The number of amides is 1. The van der Waals surface area contributed by atoms with E-state index >= 15 is 0 Å². The van der Waals surface area contributed by atoms with E-state index in [4.69, 9.17) is 22.1 Å². The number of ether oxygens (including phenoxy) is 1. The molecule has 1 aliphatic carbocycles. The van der Waals surface area contributed by atoms with Crippen LogP contribution in [0.25, 0.3) is 0 Å². The first-order valence-electron chi connectivity index (χ1n) is 7.52. The molecule has 116 valence electrons. The van der Waals surface area contributed by atoms with Crippen LogP contribution < -0.4 is 11.1 Å². The topological polar surface area (TPSA) is 64.3 Å². The van der Waals surface area contributed by atoms with E-state index in [0.717, 1.165) is 31.2 Å². The van der Waals surface area contributed by atoms with Gasteiger partial charge in [-0.3, -0.25) is 4.79 Å². The molecule has 1 amide bonds. The zero-order valence-corrected chi connectivity index (χ0v) is 12.9. The highest BCUT2D eigenvalue weighted by Gasteiger charge is 2.18. The zero-order valence-electron chi connectivity index (χ0n) is 12.2.